The number of ether oxygens (including phenoxy) is 1. The van der Waals surface area contributed by atoms with Crippen molar-refractivity contribution >= 4 is 22.4 Å². The van der Waals surface area contributed by atoms with Gasteiger partial charge in [-0.15, -0.1) is 11.3 Å². The number of benzene rings is 1. The highest BCUT2D eigenvalue weighted by Gasteiger charge is 2.15. The maximum Gasteiger partial charge on any atom is 0.243 e. The number of nitrogens with one attached hydrogen (secondary N) is 1. The summed E-state index contributed by atoms with van der Waals surface area (Å²) in [5, 5.41) is 4.88. The number of methoxy groups -OCH3 is 1. The number of rotatable bonds is 6. The molecule has 0 bridgehead atoms. The van der Waals surface area contributed by atoms with Crippen molar-refractivity contribution in [2.45, 2.75) is 25.8 Å². The molecule has 22 heavy (non-hydrogen) atoms. The molecule has 0 spiro atoms. The molecular weight excluding hydrogens is 305 g/mol. The number of anilines is 1. The lowest BCUT2D eigenvalue weighted by Crippen LogP contribution is -2.35. The first kappa shape index (κ1) is 16.4. The van der Waals surface area contributed by atoms with Gasteiger partial charge in [0.05, 0.1) is 18.8 Å². The SMILES string of the molecule is CCCC(N)C(=O)Nc1nc(-c2ccc(OC)c(F)c2)cs1. The third-order valence-electron chi connectivity index (χ3n) is 3.12. The third kappa shape index (κ3) is 3.80. The second-order valence-electron chi connectivity index (χ2n) is 4.77. The van der Waals surface area contributed by atoms with Gasteiger partial charge in [0.15, 0.2) is 16.7 Å². The van der Waals surface area contributed by atoms with Crippen molar-refractivity contribution in [3.05, 3.63) is 29.4 Å². The molecule has 0 saturated carbocycles. The molecule has 0 aliphatic carbocycles. The van der Waals surface area contributed by atoms with Crippen molar-refractivity contribution in [2.24, 2.45) is 5.73 Å². The first-order chi connectivity index (χ1) is 10.5. The Morgan fingerprint density at radius 2 is 2.32 bits per heavy atom. The predicted molar refractivity (Wildman–Crippen MR) is 85.6 cm³/mol. The number of thiazole rings is 1. The Labute approximate surface area is 132 Å². The molecule has 1 heterocycles. The zero-order valence-electron chi connectivity index (χ0n) is 12.4. The lowest BCUT2D eigenvalue weighted by Gasteiger charge is -2.08. The fraction of sp³-hybridized carbons (Fsp3) is 0.333. The lowest BCUT2D eigenvalue weighted by molar-refractivity contribution is -0.117. The molecule has 0 radical (unpaired) electrons. The van der Waals surface area contributed by atoms with Gasteiger partial charge in [0.1, 0.15) is 0 Å². The van der Waals surface area contributed by atoms with Crippen LogP contribution < -0.4 is 15.8 Å². The predicted octanol–water partition coefficient (Wildman–Crippen LogP) is 3.02. The molecule has 1 atom stereocenters. The van der Waals surface area contributed by atoms with Crippen molar-refractivity contribution < 1.29 is 13.9 Å². The number of nitrogens with zero attached hydrogens (tertiary/aromatic N) is 1. The fourth-order valence-corrected chi connectivity index (χ4v) is 2.65. The number of amides is 1. The molecular formula is C15H18FN3O2S. The third-order valence-corrected chi connectivity index (χ3v) is 3.88. The van der Waals surface area contributed by atoms with Crippen LogP contribution in [-0.4, -0.2) is 24.0 Å². The summed E-state index contributed by atoms with van der Waals surface area (Å²) in [5.41, 5.74) is 6.95. The van der Waals surface area contributed by atoms with E-state index in [4.69, 9.17) is 10.5 Å². The van der Waals surface area contributed by atoms with E-state index in [1.54, 1.807) is 17.5 Å². The molecule has 118 valence electrons. The molecule has 2 aromatic rings. The number of halogens is 1. The van der Waals surface area contributed by atoms with E-state index in [0.717, 1.165) is 6.42 Å². The summed E-state index contributed by atoms with van der Waals surface area (Å²) < 4.78 is 18.6. The Hall–Kier alpha value is -1.99. The molecule has 1 aromatic carbocycles. The molecule has 1 amide bonds. The van der Waals surface area contributed by atoms with Gasteiger partial charge in [-0.3, -0.25) is 4.79 Å². The van der Waals surface area contributed by atoms with Crippen LogP contribution in [0.3, 0.4) is 0 Å². The smallest absolute Gasteiger partial charge is 0.243 e. The topological polar surface area (TPSA) is 77.2 Å². The first-order valence-corrected chi connectivity index (χ1v) is 7.79. The van der Waals surface area contributed by atoms with Gasteiger partial charge in [0, 0.05) is 10.9 Å². The van der Waals surface area contributed by atoms with Gasteiger partial charge in [0.2, 0.25) is 5.91 Å². The Bertz CT molecular complexity index is 660. The first-order valence-electron chi connectivity index (χ1n) is 6.91. The number of nitrogens with two attached hydrogens (primary N) is 1. The Balaban J connectivity index is 2.11. The van der Waals surface area contributed by atoms with Crippen LogP contribution in [0.1, 0.15) is 19.8 Å². The van der Waals surface area contributed by atoms with Crippen molar-refractivity contribution in [3.63, 3.8) is 0 Å². The Kier molecular flexibility index (Phi) is 5.46. The van der Waals surface area contributed by atoms with Crippen LogP contribution >= 0.6 is 11.3 Å². The second kappa shape index (κ2) is 7.33. The van der Waals surface area contributed by atoms with Crippen LogP contribution in [0.4, 0.5) is 9.52 Å². The van der Waals surface area contributed by atoms with Gasteiger partial charge in [0.25, 0.3) is 0 Å². The number of aromatic nitrogens is 1. The standard InChI is InChI=1S/C15H18FN3O2S/c1-3-4-11(17)14(20)19-15-18-12(8-22-15)9-5-6-13(21-2)10(16)7-9/h5-8,11H,3-4,17H2,1-2H3,(H,18,19,20). The molecule has 1 unspecified atom stereocenters. The normalized spacial score (nSPS) is 12.0. The van der Waals surface area contributed by atoms with Gasteiger partial charge in [-0.2, -0.15) is 0 Å². The Morgan fingerprint density at radius 1 is 1.55 bits per heavy atom. The minimum atomic E-state index is -0.546. The second-order valence-corrected chi connectivity index (χ2v) is 5.63. The zero-order valence-corrected chi connectivity index (χ0v) is 13.2. The van der Waals surface area contributed by atoms with Gasteiger partial charge in [-0.05, 0) is 24.6 Å². The summed E-state index contributed by atoms with van der Waals surface area (Å²) in [7, 11) is 1.41. The molecule has 0 fully saturated rings. The average molecular weight is 323 g/mol. The fourth-order valence-electron chi connectivity index (χ4n) is 1.93. The number of hydrogen-bond acceptors (Lipinski definition) is 5. The maximum absolute atomic E-state index is 13.7. The monoisotopic (exact) mass is 323 g/mol. The largest absolute Gasteiger partial charge is 0.494 e. The van der Waals surface area contributed by atoms with E-state index in [1.165, 1.54) is 24.5 Å². The number of carbonyl (C=O) groups excluding carboxylic acids is 1. The van der Waals surface area contributed by atoms with Gasteiger partial charge >= 0.3 is 0 Å². The van der Waals surface area contributed by atoms with Crippen molar-refractivity contribution in [2.75, 3.05) is 12.4 Å². The summed E-state index contributed by atoms with van der Waals surface area (Å²) in [6, 6.07) is 4.06. The lowest BCUT2D eigenvalue weighted by atomic mass is 10.1. The molecule has 1 aromatic heterocycles. The quantitative estimate of drug-likeness (QED) is 0.856. The molecule has 3 N–H and O–H groups in total. The summed E-state index contributed by atoms with van der Waals surface area (Å²) in [6.45, 7) is 1.97. The van der Waals surface area contributed by atoms with Gasteiger partial charge < -0.3 is 15.8 Å². The Morgan fingerprint density at radius 3 is 2.95 bits per heavy atom. The maximum atomic E-state index is 13.7. The van der Waals surface area contributed by atoms with Gasteiger partial charge in [-0.1, -0.05) is 13.3 Å². The highest BCUT2D eigenvalue weighted by atomic mass is 32.1. The van der Waals surface area contributed by atoms with Crippen LogP contribution in [0.5, 0.6) is 5.75 Å². The van der Waals surface area contributed by atoms with Crippen LogP contribution in [0.15, 0.2) is 23.6 Å². The van der Waals surface area contributed by atoms with E-state index in [9.17, 15) is 9.18 Å². The summed E-state index contributed by atoms with van der Waals surface area (Å²) in [4.78, 5) is 16.1. The van der Waals surface area contributed by atoms with E-state index >= 15 is 0 Å². The summed E-state index contributed by atoms with van der Waals surface area (Å²) in [5.74, 6) is -0.537. The number of carbonyl (C=O) groups is 1. The summed E-state index contributed by atoms with van der Waals surface area (Å²) in [6.07, 6.45) is 1.45. The van der Waals surface area contributed by atoms with Crippen molar-refractivity contribution in [1.82, 2.24) is 4.98 Å². The van der Waals surface area contributed by atoms with Crippen molar-refractivity contribution in [3.8, 4) is 17.0 Å². The zero-order chi connectivity index (χ0) is 16.1. The molecule has 2 rings (SSSR count). The van der Waals surface area contributed by atoms with E-state index in [2.05, 4.69) is 10.3 Å². The number of hydrogen-bond donors (Lipinski definition) is 2. The van der Waals surface area contributed by atoms with Crippen LogP contribution in [-0.2, 0) is 4.79 Å². The molecule has 0 aliphatic heterocycles. The van der Waals surface area contributed by atoms with Crippen LogP contribution in [0, 0.1) is 5.82 Å². The molecule has 7 heteroatoms. The molecule has 5 nitrogen and oxygen atoms in total. The minimum Gasteiger partial charge on any atom is -0.494 e. The van der Waals surface area contributed by atoms with E-state index < -0.39 is 11.9 Å². The van der Waals surface area contributed by atoms with E-state index in [0.29, 0.717) is 22.8 Å². The van der Waals surface area contributed by atoms with Gasteiger partial charge in [-0.25, -0.2) is 9.37 Å². The van der Waals surface area contributed by atoms with Crippen molar-refractivity contribution in [1.29, 1.82) is 0 Å². The summed E-state index contributed by atoms with van der Waals surface area (Å²) >= 11 is 1.27. The van der Waals surface area contributed by atoms with Crippen LogP contribution in [0.2, 0.25) is 0 Å². The van der Waals surface area contributed by atoms with Crippen LogP contribution in [0.25, 0.3) is 11.3 Å². The average Bonchev–Trinajstić information content (AvgIpc) is 2.95. The van der Waals surface area contributed by atoms with E-state index in [-0.39, 0.29) is 11.7 Å². The highest BCUT2D eigenvalue weighted by molar-refractivity contribution is 7.14. The van der Waals surface area contributed by atoms with E-state index in [1.807, 2.05) is 6.92 Å². The minimum absolute atomic E-state index is 0.179. The highest BCUT2D eigenvalue weighted by Crippen LogP contribution is 2.28. The molecule has 0 aliphatic rings. The molecule has 0 saturated heterocycles.